The first-order valence-electron chi connectivity index (χ1n) is 6.87. The first-order chi connectivity index (χ1) is 9.79. The summed E-state index contributed by atoms with van der Waals surface area (Å²) in [5.41, 5.74) is 6.78. The normalized spacial score (nSPS) is 14.9. The number of aryl methyl sites for hydroxylation is 1. The summed E-state index contributed by atoms with van der Waals surface area (Å²) < 4.78 is 2.23. The van der Waals surface area contributed by atoms with Crippen molar-refractivity contribution >= 4 is 23.4 Å². The van der Waals surface area contributed by atoms with E-state index in [9.17, 15) is 0 Å². The van der Waals surface area contributed by atoms with Gasteiger partial charge < -0.3 is 10.3 Å². The number of fused-ring (bicyclic) bond motifs is 1. The molecule has 1 aliphatic rings. The Morgan fingerprint density at radius 1 is 1.25 bits per heavy atom. The molecule has 3 rings (SSSR count). The number of halogens is 1. The van der Waals surface area contributed by atoms with Crippen LogP contribution < -0.4 is 5.73 Å². The zero-order chi connectivity index (χ0) is 13.9. The molecule has 1 aliphatic heterocycles. The number of nitrogens with two attached hydrogens (primary N) is 1. The lowest BCUT2D eigenvalue weighted by Crippen LogP contribution is -2.03. The Kier molecular flexibility index (Phi) is 4.29. The largest absolute Gasteiger partial charge is 0.326 e. The number of benzene rings is 1. The highest BCUT2D eigenvalue weighted by Gasteiger charge is 2.17. The van der Waals surface area contributed by atoms with Crippen LogP contribution in [-0.2, 0) is 19.5 Å². The number of hydrogen-bond donors (Lipinski definition) is 1. The van der Waals surface area contributed by atoms with Crippen molar-refractivity contribution in [2.45, 2.75) is 48.8 Å². The third-order valence-corrected chi connectivity index (χ3v) is 5.00. The van der Waals surface area contributed by atoms with Gasteiger partial charge in [-0.05, 0) is 42.3 Å². The molecule has 0 bridgehead atoms. The van der Waals surface area contributed by atoms with Gasteiger partial charge in [0.05, 0.1) is 0 Å². The Hall–Kier alpha value is -1.04. The van der Waals surface area contributed by atoms with Gasteiger partial charge in [-0.2, -0.15) is 0 Å². The summed E-state index contributed by atoms with van der Waals surface area (Å²) in [7, 11) is 0. The summed E-state index contributed by atoms with van der Waals surface area (Å²) >= 11 is 7.81. The van der Waals surface area contributed by atoms with Crippen molar-refractivity contribution in [3.05, 3.63) is 34.6 Å². The Bertz CT molecular complexity index is 611. The van der Waals surface area contributed by atoms with Crippen molar-refractivity contribution in [2.75, 3.05) is 0 Å². The summed E-state index contributed by atoms with van der Waals surface area (Å²) in [4.78, 5) is 1.07. The maximum absolute atomic E-state index is 6.20. The molecule has 0 aliphatic carbocycles. The van der Waals surface area contributed by atoms with Crippen LogP contribution in [0.3, 0.4) is 0 Å². The average molecular weight is 309 g/mol. The van der Waals surface area contributed by atoms with Crippen molar-refractivity contribution in [3.63, 3.8) is 0 Å². The first-order valence-corrected chi connectivity index (χ1v) is 8.06. The third kappa shape index (κ3) is 2.71. The number of rotatable bonds is 3. The first kappa shape index (κ1) is 13.9. The van der Waals surface area contributed by atoms with Gasteiger partial charge in [-0.25, -0.2) is 0 Å². The van der Waals surface area contributed by atoms with Gasteiger partial charge in [0, 0.05) is 29.4 Å². The van der Waals surface area contributed by atoms with Crippen LogP contribution in [0.5, 0.6) is 0 Å². The van der Waals surface area contributed by atoms with Gasteiger partial charge in [0.25, 0.3) is 0 Å². The molecule has 0 radical (unpaired) electrons. The monoisotopic (exact) mass is 308 g/mol. The Labute approximate surface area is 127 Å². The SMILES string of the molecule is NCc1c(Cl)cccc1Sc1nnc2n1CCCCC2. The van der Waals surface area contributed by atoms with Gasteiger partial charge in [0.1, 0.15) is 5.82 Å². The summed E-state index contributed by atoms with van der Waals surface area (Å²) in [6, 6.07) is 5.86. The van der Waals surface area contributed by atoms with Gasteiger partial charge in [-0.15, -0.1) is 10.2 Å². The summed E-state index contributed by atoms with van der Waals surface area (Å²) in [6.07, 6.45) is 4.68. The molecule has 0 saturated heterocycles. The molecule has 106 valence electrons. The summed E-state index contributed by atoms with van der Waals surface area (Å²) in [5.74, 6) is 1.10. The molecule has 2 N–H and O–H groups in total. The second-order valence-electron chi connectivity index (χ2n) is 4.88. The van der Waals surface area contributed by atoms with E-state index in [1.807, 2.05) is 18.2 Å². The van der Waals surface area contributed by atoms with Crippen LogP contribution in [0.1, 0.15) is 30.7 Å². The van der Waals surface area contributed by atoms with Crippen LogP contribution in [-0.4, -0.2) is 14.8 Å². The van der Waals surface area contributed by atoms with Crippen molar-refractivity contribution in [2.24, 2.45) is 5.73 Å². The van der Waals surface area contributed by atoms with Crippen molar-refractivity contribution in [3.8, 4) is 0 Å². The van der Waals surface area contributed by atoms with Crippen LogP contribution in [0.25, 0.3) is 0 Å². The van der Waals surface area contributed by atoms with E-state index in [4.69, 9.17) is 17.3 Å². The van der Waals surface area contributed by atoms with Crippen molar-refractivity contribution in [1.82, 2.24) is 14.8 Å². The standard InChI is InChI=1S/C14H17ClN4S/c15-11-5-4-6-12(10(11)9-16)20-14-18-17-13-7-2-1-3-8-19(13)14/h4-6H,1-3,7-9,16H2. The zero-order valence-corrected chi connectivity index (χ0v) is 12.8. The Balaban J connectivity index is 1.92. The molecule has 0 unspecified atom stereocenters. The highest BCUT2D eigenvalue weighted by atomic mass is 35.5. The van der Waals surface area contributed by atoms with E-state index in [0.717, 1.165) is 34.4 Å². The van der Waals surface area contributed by atoms with Gasteiger partial charge in [-0.1, -0.05) is 24.1 Å². The minimum absolute atomic E-state index is 0.434. The highest BCUT2D eigenvalue weighted by molar-refractivity contribution is 7.99. The molecule has 2 heterocycles. The molecule has 20 heavy (non-hydrogen) atoms. The molecule has 1 aromatic heterocycles. The van der Waals surface area contributed by atoms with Crippen LogP contribution in [0, 0.1) is 0 Å². The minimum atomic E-state index is 0.434. The van der Waals surface area contributed by atoms with E-state index in [-0.39, 0.29) is 0 Å². The second kappa shape index (κ2) is 6.16. The van der Waals surface area contributed by atoms with Crippen LogP contribution in [0.2, 0.25) is 5.02 Å². The van der Waals surface area contributed by atoms with E-state index in [2.05, 4.69) is 14.8 Å². The minimum Gasteiger partial charge on any atom is -0.326 e. The number of nitrogens with zero attached hydrogens (tertiary/aromatic N) is 3. The van der Waals surface area contributed by atoms with E-state index in [1.54, 1.807) is 11.8 Å². The third-order valence-electron chi connectivity index (χ3n) is 3.56. The lowest BCUT2D eigenvalue weighted by molar-refractivity contribution is 0.591. The smallest absolute Gasteiger partial charge is 0.196 e. The molecule has 6 heteroatoms. The van der Waals surface area contributed by atoms with Crippen molar-refractivity contribution < 1.29 is 0 Å². The molecule has 0 amide bonds. The Morgan fingerprint density at radius 3 is 3.00 bits per heavy atom. The average Bonchev–Trinajstić information content (AvgIpc) is 2.68. The number of aromatic nitrogens is 3. The fourth-order valence-electron chi connectivity index (χ4n) is 2.46. The molecular formula is C14H17ClN4S. The maximum Gasteiger partial charge on any atom is 0.196 e. The van der Waals surface area contributed by atoms with E-state index in [0.29, 0.717) is 11.6 Å². The number of hydrogen-bond acceptors (Lipinski definition) is 4. The molecule has 0 spiro atoms. The second-order valence-corrected chi connectivity index (χ2v) is 6.30. The maximum atomic E-state index is 6.20. The lowest BCUT2D eigenvalue weighted by atomic mass is 10.2. The fraction of sp³-hybridized carbons (Fsp3) is 0.429. The van der Waals surface area contributed by atoms with Crippen LogP contribution in [0.15, 0.2) is 28.3 Å². The van der Waals surface area contributed by atoms with E-state index < -0.39 is 0 Å². The predicted octanol–water partition coefficient (Wildman–Crippen LogP) is 3.27. The fourth-order valence-corrected chi connectivity index (χ4v) is 3.82. The van der Waals surface area contributed by atoms with E-state index in [1.165, 1.54) is 19.3 Å². The van der Waals surface area contributed by atoms with Crippen molar-refractivity contribution in [1.29, 1.82) is 0 Å². The van der Waals surface area contributed by atoms with Gasteiger partial charge in [0.2, 0.25) is 0 Å². The van der Waals surface area contributed by atoms with E-state index >= 15 is 0 Å². The molecule has 0 atom stereocenters. The molecule has 4 nitrogen and oxygen atoms in total. The summed E-state index contributed by atoms with van der Waals surface area (Å²) in [6.45, 7) is 1.44. The Morgan fingerprint density at radius 2 is 2.15 bits per heavy atom. The molecular weight excluding hydrogens is 292 g/mol. The van der Waals surface area contributed by atoms with Gasteiger partial charge >= 0.3 is 0 Å². The molecule has 1 aromatic carbocycles. The van der Waals surface area contributed by atoms with Crippen LogP contribution in [0.4, 0.5) is 0 Å². The predicted molar refractivity (Wildman–Crippen MR) is 81.0 cm³/mol. The lowest BCUT2D eigenvalue weighted by Gasteiger charge is -2.10. The highest BCUT2D eigenvalue weighted by Crippen LogP contribution is 2.33. The van der Waals surface area contributed by atoms with Gasteiger partial charge in [-0.3, -0.25) is 0 Å². The quantitative estimate of drug-likeness (QED) is 0.945. The summed E-state index contributed by atoms with van der Waals surface area (Å²) in [5, 5.41) is 10.3. The topological polar surface area (TPSA) is 56.7 Å². The molecule has 0 fully saturated rings. The molecule has 0 saturated carbocycles. The van der Waals surface area contributed by atoms with Crippen LogP contribution >= 0.6 is 23.4 Å². The molecule has 2 aromatic rings. The van der Waals surface area contributed by atoms with Gasteiger partial charge in [0.15, 0.2) is 5.16 Å². The zero-order valence-electron chi connectivity index (χ0n) is 11.2.